The summed E-state index contributed by atoms with van der Waals surface area (Å²) in [5.41, 5.74) is 2.73. The number of halogens is 1. The van der Waals surface area contributed by atoms with Crippen molar-refractivity contribution < 1.29 is 4.79 Å². The van der Waals surface area contributed by atoms with Gasteiger partial charge in [-0.15, -0.1) is 5.10 Å². The first-order valence-corrected chi connectivity index (χ1v) is 11.5. The highest BCUT2D eigenvalue weighted by Crippen LogP contribution is 2.29. The Bertz CT molecular complexity index is 1270. The van der Waals surface area contributed by atoms with Crippen LogP contribution in [0.4, 0.5) is 5.82 Å². The lowest BCUT2D eigenvalue weighted by atomic mass is 10.0. The SMILES string of the molecule is CCN1CCC[C@@H](N(C(=O)c2ccc(-n3nnc4cccnc43)cc2)c2ncccc2Cl)C1. The fraction of sp³-hybridized carbons (Fsp3) is 0.292. The molecule has 1 aliphatic heterocycles. The van der Waals surface area contributed by atoms with E-state index in [1.54, 1.807) is 46.2 Å². The number of benzene rings is 1. The Balaban J connectivity index is 1.48. The molecule has 3 aromatic heterocycles. The Hall–Kier alpha value is -3.36. The van der Waals surface area contributed by atoms with E-state index < -0.39 is 0 Å². The van der Waals surface area contributed by atoms with Crippen LogP contribution in [0.5, 0.6) is 0 Å². The molecule has 5 rings (SSSR count). The van der Waals surface area contributed by atoms with E-state index in [0.29, 0.717) is 27.6 Å². The first-order chi connectivity index (χ1) is 16.2. The Morgan fingerprint density at radius 2 is 1.91 bits per heavy atom. The smallest absolute Gasteiger partial charge is 0.259 e. The number of likely N-dealkylation sites (N-methyl/N-ethyl adjacent to an activating group) is 1. The Kier molecular flexibility index (Phi) is 6.02. The third kappa shape index (κ3) is 4.19. The molecule has 0 radical (unpaired) electrons. The van der Waals surface area contributed by atoms with Gasteiger partial charge in [-0.2, -0.15) is 4.68 Å². The molecule has 1 amide bonds. The van der Waals surface area contributed by atoms with Crippen LogP contribution in [0, 0.1) is 0 Å². The Labute approximate surface area is 196 Å². The van der Waals surface area contributed by atoms with Crippen molar-refractivity contribution in [2.24, 2.45) is 0 Å². The van der Waals surface area contributed by atoms with Gasteiger partial charge in [0.05, 0.1) is 16.8 Å². The van der Waals surface area contributed by atoms with Gasteiger partial charge in [-0.25, -0.2) is 9.97 Å². The predicted octanol–water partition coefficient (Wildman–Crippen LogP) is 4.00. The number of pyridine rings is 2. The largest absolute Gasteiger partial charge is 0.302 e. The molecular formula is C24H24ClN7O. The van der Waals surface area contributed by atoms with E-state index in [1.165, 1.54) is 0 Å². The van der Waals surface area contributed by atoms with Gasteiger partial charge in [0.15, 0.2) is 11.5 Å². The van der Waals surface area contributed by atoms with Crippen molar-refractivity contribution in [2.75, 3.05) is 24.5 Å². The van der Waals surface area contributed by atoms with Crippen molar-refractivity contribution in [3.8, 4) is 5.69 Å². The molecule has 9 heteroatoms. The van der Waals surface area contributed by atoms with Gasteiger partial charge in [0.1, 0.15) is 5.52 Å². The molecule has 1 atom stereocenters. The fourth-order valence-corrected chi connectivity index (χ4v) is 4.55. The minimum atomic E-state index is -0.119. The van der Waals surface area contributed by atoms with Crippen molar-refractivity contribution in [1.29, 1.82) is 0 Å². The van der Waals surface area contributed by atoms with Crippen molar-refractivity contribution in [1.82, 2.24) is 29.9 Å². The number of hydrogen-bond donors (Lipinski definition) is 0. The third-order valence-corrected chi connectivity index (χ3v) is 6.34. The zero-order chi connectivity index (χ0) is 22.8. The average molecular weight is 462 g/mol. The average Bonchev–Trinajstić information content (AvgIpc) is 3.30. The number of amides is 1. The van der Waals surface area contributed by atoms with Crippen LogP contribution in [0.15, 0.2) is 60.9 Å². The summed E-state index contributed by atoms with van der Waals surface area (Å²) in [6.07, 6.45) is 5.31. The molecule has 168 valence electrons. The summed E-state index contributed by atoms with van der Waals surface area (Å²) in [5.74, 6) is 0.384. The second kappa shape index (κ2) is 9.25. The van der Waals surface area contributed by atoms with Crippen LogP contribution >= 0.6 is 11.6 Å². The molecular weight excluding hydrogens is 438 g/mol. The molecule has 1 aliphatic rings. The maximum atomic E-state index is 13.8. The van der Waals surface area contributed by atoms with Crippen LogP contribution < -0.4 is 4.90 Å². The van der Waals surface area contributed by atoms with E-state index in [1.807, 2.05) is 24.3 Å². The minimum Gasteiger partial charge on any atom is -0.302 e. The second-order valence-corrected chi connectivity index (χ2v) is 8.47. The number of anilines is 1. The molecule has 4 aromatic rings. The van der Waals surface area contributed by atoms with Gasteiger partial charge in [0.25, 0.3) is 5.91 Å². The first kappa shape index (κ1) is 21.5. The first-order valence-electron chi connectivity index (χ1n) is 11.1. The van der Waals surface area contributed by atoms with Crippen molar-refractivity contribution in [2.45, 2.75) is 25.8 Å². The summed E-state index contributed by atoms with van der Waals surface area (Å²) in [7, 11) is 0. The summed E-state index contributed by atoms with van der Waals surface area (Å²) < 4.78 is 1.66. The summed E-state index contributed by atoms with van der Waals surface area (Å²) in [4.78, 5) is 26.7. The monoisotopic (exact) mass is 461 g/mol. The number of rotatable bonds is 5. The van der Waals surface area contributed by atoms with E-state index in [4.69, 9.17) is 11.6 Å². The highest BCUT2D eigenvalue weighted by molar-refractivity contribution is 6.33. The number of aromatic nitrogens is 5. The van der Waals surface area contributed by atoms with Gasteiger partial charge in [-0.05, 0) is 74.5 Å². The van der Waals surface area contributed by atoms with Gasteiger partial charge in [-0.1, -0.05) is 23.7 Å². The third-order valence-electron chi connectivity index (χ3n) is 6.05. The molecule has 33 heavy (non-hydrogen) atoms. The molecule has 1 saturated heterocycles. The van der Waals surface area contributed by atoms with Crippen LogP contribution in [0.1, 0.15) is 30.1 Å². The summed E-state index contributed by atoms with van der Waals surface area (Å²) in [6, 6.07) is 14.6. The predicted molar refractivity (Wildman–Crippen MR) is 128 cm³/mol. The second-order valence-electron chi connectivity index (χ2n) is 8.07. The van der Waals surface area contributed by atoms with Crippen LogP contribution in [-0.4, -0.2) is 61.4 Å². The number of piperidine rings is 1. The molecule has 1 aromatic carbocycles. The van der Waals surface area contributed by atoms with E-state index in [-0.39, 0.29) is 11.9 Å². The minimum absolute atomic E-state index is 0.00161. The number of fused-ring (bicyclic) bond motifs is 1. The standard InChI is InChI=1S/C24H24ClN7O/c1-2-30-15-5-6-19(16-30)31(22-20(25)7-3-13-26-22)24(33)17-9-11-18(12-10-17)32-23-21(28-29-32)8-4-14-27-23/h3-4,7-14,19H,2,5-6,15-16H2,1H3/t19-/m1/s1. The van der Waals surface area contributed by atoms with Crippen LogP contribution in [-0.2, 0) is 0 Å². The molecule has 0 N–H and O–H groups in total. The van der Waals surface area contributed by atoms with Gasteiger partial charge >= 0.3 is 0 Å². The molecule has 0 aliphatic carbocycles. The van der Waals surface area contributed by atoms with Gasteiger partial charge in [0, 0.05) is 24.5 Å². The van der Waals surface area contributed by atoms with Gasteiger partial charge < -0.3 is 4.90 Å². The topological polar surface area (TPSA) is 80.0 Å². The van der Waals surface area contributed by atoms with E-state index in [0.717, 1.165) is 38.2 Å². The van der Waals surface area contributed by atoms with Crippen LogP contribution in [0.25, 0.3) is 16.9 Å². The molecule has 1 fully saturated rings. The Morgan fingerprint density at radius 3 is 2.70 bits per heavy atom. The maximum Gasteiger partial charge on any atom is 0.259 e. The Morgan fingerprint density at radius 1 is 1.12 bits per heavy atom. The van der Waals surface area contributed by atoms with E-state index in [2.05, 4.69) is 32.1 Å². The number of likely N-dealkylation sites (tertiary alicyclic amines) is 1. The molecule has 0 spiro atoms. The molecule has 0 bridgehead atoms. The zero-order valence-electron chi connectivity index (χ0n) is 18.3. The molecule has 0 unspecified atom stereocenters. The fourth-order valence-electron chi connectivity index (χ4n) is 4.34. The summed E-state index contributed by atoms with van der Waals surface area (Å²) in [5, 5.41) is 8.82. The van der Waals surface area contributed by atoms with E-state index >= 15 is 0 Å². The van der Waals surface area contributed by atoms with Gasteiger partial charge in [0.2, 0.25) is 0 Å². The lowest BCUT2D eigenvalue weighted by Crippen LogP contribution is -2.50. The van der Waals surface area contributed by atoms with Crippen molar-refractivity contribution in [3.05, 3.63) is 71.5 Å². The molecule has 0 saturated carbocycles. The lowest BCUT2D eigenvalue weighted by molar-refractivity contribution is 0.0955. The molecule has 4 heterocycles. The summed E-state index contributed by atoms with van der Waals surface area (Å²) >= 11 is 6.49. The maximum absolute atomic E-state index is 13.8. The number of carbonyl (C=O) groups is 1. The van der Waals surface area contributed by atoms with Crippen molar-refractivity contribution in [3.63, 3.8) is 0 Å². The van der Waals surface area contributed by atoms with Crippen LogP contribution in [0.3, 0.4) is 0 Å². The normalized spacial score (nSPS) is 16.7. The van der Waals surface area contributed by atoms with E-state index in [9.17, 15) is 4.79 Å². The number of hydrogen-bond acceptors (Lipinski definition) is 6. The van der Waals surface area contributed by atoms with Crippen molar-refractivity contribution >= 4 is 34.5 Å². The number of nitrogens with zero attached hydrogens (tertiary/aromatic N) is 7. The highest BCUT2D eigenvalue weighted by Gasteiger charge is 2.32. The highest BCUT2D eigenvalue weighted by atomic mass is 35.5. The quantitative estimate of drug-likeness (QED) is 0.447. The van der Waals surface area contributed by atoms with Crippen LogP contribution in [0.2, 0.25) is 5.02 Å². The summed E-state index contributed by atoms with van der Waals surface area (Å²) in [6.45, 7) is 4.93. The zero-order valence-corrected chi connectivity index (χ0v) is 19.1. The van der Waals surface area contributed by atoms with Gasteiger partial charge in [-0.3, -0.25) is 9.69 Å². The molecule has 8 nitrogen and oxygen atoms in total. The lowest BCUT2D eigenvalue weighted by Gasteiger charge is -2.38. The number of carbonyl (C=O) groups excluding carboxylic acids is 1.